The molecule has 8 nitrogen and oxygen atoms in total. The summed E-state index contributed by atoms with van der Waals surface area (Å²) in [6, 6.07) is 16.7. The number of carbonyl (C=O) groups is 1. The second-order valence-electron chi connectivity index (χ2n) is 9.94. The number of allylic oxidation sites excluding steroid dienone is 1. The number of nitro benzene ring substituents is 1. The third-order valence-corrected chi connectivity index (χ3v) is 8.90. The van der Waals surface area contributed by atoms with Gasteiger partial charge in [0.05, 0.1) is 27.8 Å². The number of aliphatic carboxylic acids is 1. The number of nitrogens with one attached hydrogen (secondary N) is 1. The van der Waals surface area contributed by atoms with Crippen LogP contribution >= 0.6 is 11.8 Å². The van der Waals surface area contributed by atoms with Gasteiger partial charge in [-0.15, -0.1) is 11.8 Å². The van der Waals surface area contributed by atoms with Crippen molar-refractivity contribution in [3.8, 4) is 0 Å². The summed E-state index contributed by atoms with van der Waals surface area (Å²) in [5.41, 5.74) is 1.99. The highest BCUT2D eigenvalue weighted by molar-refractivity contribution is 7.99. The van der Waals surface area contributed by atoms with Crippen LogP contribution in [0.15, 0.2) is 82.2 Å². The predicted molar refractivity (Wildman–Crippen MR) is 143 cm³/mol. The highest BCUT2D eigenvalue weighted by atomic mass is 32.2. The van der Waals surface area contributed by atoms with E-state index in [0.29, 0.717) is 17.2 Å². The minimum absolute atomic E-state index is 0.0467. The lowest BCUT2D eigenvalue weighted by molar-refractivity contribution is -0.385. The van der Waals surface area contributed by atoms with E-state index in [1.165, 1.54) is 6.07 Å². The number of hydrazine groups is 1. The van der Waals surface area contributed by atoms with Crippen molar-refractivity contribution in [1.29, 1.82) is 0 Å². The number of nitrogens with zero attached hydrogens (tertiary/aromatic N) is 3. The van der Waals surface area contributed by atoms with E-state index in [-0.39, 0.29) is 22.7 Å². The van der Waals surface area contributed by atoms with Crippen LogP contribution in [-0.4, -0.2) is 44.5 Å². The van der Waals surface area contributed by atoms with Crippen molar-refractivity contribution >= 4 is 23.4 Å². The van der Waals surface area contributed by atoms with Gasteiger partial charge in [0.25, 0.3) is 5.69 Å². The first-order valence-corrected chi connectivity index (χ1v) is 13.6. The van der Waals surface area contributed by atoms with Gasteiger partial charge in [-0.2, -0.15) is 5.01 Å². The molecule has 1 aliphatic carbocycles. The van der Waals surface area contributed by atoms with Crippen molar-refractivity contribution in [2.75, 3.05) is 7.05 Å². The molecule has 3 atom stereocenters. The molecule has 2 N–H and O–H groups in total. The quantitative estimate of drug-likeness (QED) is 0.272. The largest absolute Gasteiger partial charge is 0.478 e. The molecule has 9 heteroatoms. The molecule has 37 heavy (non-hydrogen) atoms. The molecule has 0 aromatic heterocycles. The minimum atomic E-state index is -1.06. The number of carboxylic acids is 1. The van der Waals surface area contributed by atoms with E-state index < -0.39 is 16.8 Å². The van der Waals surface area contributed by atoms with Crippen LogP contribution in [0, 0.1) is 16.0 Å². The molecule has 0 saturated heterocycles. The number of rotatable bonds is 7. The fourth-order valence-electron chi connectivity index (χ4n) is 6.32. The second kappa shape index (κ2) is 10.2. The van der Waals surface area contributed by atoms with E-state index in [1.54, 1.807) is 36.9 Å². The Balaban J connectivity index is 1.66. The Morgan fingerprint density at radius 2 is 1.78 bits per heavy atom. The number of hydrogen-bond donors (Lipinski definition) is 2. The Morgan fingerprint density at radius 1 is 1.14 bits per heavy atom. The van der Waals surface area contributed by atoms with Crippen molar-refractivity contribution in [3.05, 3.63) is 92.9 Å². The first-order valence-electron chi connectivity index (χ1n) is 12.7. The molecule has 0 radical (unpaired) electrons. The fraction of sp³-hybridized carbons (Fsp3) is 0.393. The molecule has 0 amide bonds. The Bertz CT molecular complexity index is 1270. The number of benzene rings is 2. The zero-order valence-electron chi connectivity index (χ0n) is 21.3. The summed E-state index contributed by atoms with van der Waals surface area (Å²) in [5, 5.41) is 30.3. The number of para-hydroxylation sites is 1. The smallest absolute Gasteiger partial charge is 0.334 e. The number of hydrogen-bond acceptors (Lipinski definition) is 7. The predicted octanol–water partition coefficient (Wildman–Crippen LogP) is 5.71. The average Bonchev–Trinajstić information content (AvgIpc) is 3.50. The molecule has 194 valence electrons. The molecule has 2 aliphatic heterocycles. The normalized spacial score (nSPS) is 23.3. The molecular formula is C28H32N4O4S. The second-order valence-corrected chi connectivity index (χ2v) is 11.3. The molecule has 2 aromatic rings. The Kier molecular flexibility index (Phi) is 7.00. The Labute approximate surface area is 221 Å². The lowest BCUT2D eigenvalue weighted by atomic mass is 9.75. The highest BCUT2D eigenvalue weighted by Gasteiger charge is 2.51. The maximum atomic E-state index is 12.7. The highest BCUT2D eigenvalue weighted by Crippen LogP contribution is 2.52. The first kappa shape index (κ1) is 25.4. The summed E-state index contributed by atoms with van der Waals surface area (Å²) in [5.74, 6) is -0.614. The molecule has 2 aromatic carbocycles. The topological polar surface area (TPSA) is 98.9 Å². The van der Waals surface area contributed by atoms with Gasteiger partial charge >= 0.3 is 5.97 Å². The molecule has 1 fully saturated rings. The zero-order valence-corrected chi connectivity index (χ0v) is 22.1. The Hall–Kier alpha value is -3.30. The van der Waals surface area contributed by atoms with Crippen molar-refractivity contribution in [1.82, 2.24) is 15.3 Å². The van der Waals surface area contributed by atoms with E-state index in [1.807, 2.05) is 25.2 Å². The molecule has 5 rings (SSSR count). The lowest BCUT2D eigenvalue weighted by Gasteiger charge is -2.40. The zero-order chi connectivity index (χ0) is 26.3. The van der Waals surface area contributed by atoms with Crippen LogP contribution in [0.1, 0.15) is 51.0 Å². The van der Waals surface area contributed by atoms with Crippen LogP contribution in [0.3, 0.4) is 0 Å². The minimum Gasteiger partial charge on any atom is -0.478 e. The molecule has 1 saturated carbocycles. The molecule has 0 bridgehead atoms. The molecule has 3 unspecified atom stereocenters. The van der Waals surface area contributed by atoms with Gasteiger partial charge in [0.1, 0.15) is 5.82 Å². The summed E-state index contributed by atoms with van der Waals surface area (Å²) in [6.45, 7) is 3.92. The van der Waals surface area contributed by atoms with Crippen LogP contribution in [0.4, 0.5) is 5.69 Å². The van der Waals surface area contributed by atoms with Crippen LogP contribution in [0.5, 0.6) is 0 Å². The summed E-state index contributed by atoms with van der Waals surface area (Å²) in [6.07, 6.45) is 4.35. The van der Waals surface area contributed by atoms with Crippen LogP contribution in [0.25, 0.3) is 0 Å². The van der Waals surface area contributed by atoms with Crippen molar-refractivity contribution < 1.29 is 14.8 Å². The van der Waals surface area contributed by atoms with Gasteiger partial charge in [0.2, 0.25) is 0 Å². The molecule has 0 spiro atoms. The summed E-state index contributed by atoms with van der Waals surface area (Å²) >= 11 is 1.76. The van der Waals surface area contributed by atoms with E-state index in [0.717, 1.165) is 42.0 Å². The summed E-state index contributed by atoms with van der Waals surface area (Å²) in [7, 11) is 2.01. The average molecular weight is 521 g/mol. The maximum absolute atomic E-state index is 12.7. The van der Waals surface area contributed by atoms with E-state index in [4.69, 9.17) is 0 Å². The maximum Gasteiger partial charge on any atom is 0.334 e. The standard InChI is InChI=1S/C28H32N4O4S/c1-17-23(28(33)34)24(21-15-9-10-16-22(21)32(35)36)25-26(19-11-7-8-12-19)31(30(3)27(25)29-17)18(2)37-20-13-5-4-6-14-20/h4-6,9-10,13-16,18-19,24,26,29H,7-8,11-12H2,1-3H3,(H,33,34). The van der Waals surface area contributed by atoms with E-state index >= 15 is 0 Å². The van der Waals surface area contributed by atoms with Crippen LogP contribution < -0.4 is 5.32 Å². The van der Waals surface area contributed by atoms with Crippen molar-refractivity contribution in [2.45, 2.75) is 61.8 Å². The van der Waals surface area contributed by atoms with Crippen molar-refractivity contribution in [3.63, 3.8) is 0 Å². The SMILES string of the molecule is CC1=C(C(=O)O)C(c2ccccc2[N+](=O)[O-])C2=C(N1)N(C)N(C(C)Sc1ccccc1)C2C1CCCC1. The van der Waals surface area contributed by atoms with Gasteiger partial charge in [-0.05, 0) is 44.7 Å². The molecule has 3 aliphatic rings. The van der Waals surface area contributed by atoms with Gasteiger partial charge in [0.15, 0.2) is 0 Å². The number of carboxylic acid groups (broad SMARTS) is 1. The fourth-order valence-corrected chi connectivity index (χ4v) is 7.41. The van der Waals surface area contributed by atoms with Gasteiger partial charge in [-0.3, -0.25) is 15.1 Å². The third kappa shape index (κ3) is 4.51. The number of nitro groups is 1. The lowest BCUT2D eigenvalue weighted by Crippen LogP contribution is -2.48. The van der Waals surface area contributed by atoms with E-state index in [9.17, 15) is 20.0 Å². The molecule has 2 heterocycles. The van der Waals surface area contributed by atoms with Gasteiger partial charge in [0, 0.05) is 34.8 Å². The summed E-state index contributed by atoms with van der Waals surface area (Å²) < 4.78 is 0. The monoisotopic (exact) mass is 520 g/mol. The van der Waals surface area contributed by atoms with Gasteiger partial charge in [-0.1, -0.05) is 49.2 Å². The van der Waals surface area contributed by atoms with Gasteiger partial charge in [-0.25, -0.2) is 4.79 Å². The van der Waals surface area contributed by atoms with Crippen LogP contribution in [0.2, 0.25) is 0 Å². The van der Waals surface area contributed by atoms with Gasteiger partial charge < -0.3 is 10.4 Å². The van der Waals surface area contributed by atoms with Crippen molar-refractivity contribution in [2.24, 2.45) is 5.92 Å². The first-order chi connectivity index (χ1) is 17.8. The van der Waals surface area contributed by atoms with Crippen LogP contribution in [-0.2, 0) is 4.79 Å². The summed E-state index contributed by atoms with van der Waals surface area (Å²) in [4.78, 5) is 25.5. The Morgan fingerprint density at radius 3 is 2.43 bits per heavy atom. The molecular weight excluding hydrogens is 488 g/mol. The third-order valence-electron chi connectivity index (χ3n) is 7.80. The van der Waals surface area contributed by atoms with E-state index in [2.05, 4.69) is 34.4 Å². The number of thioether (sulfide) groups is 1. The number of dihydropyridines is 1.